The molecule has 0 aliphatic carbocycles. The Morgan fingerprint density at radius 1 is 0.678 bits per heavy atom. The molecule has 442 valence electrons. The van der Waals surface area contributed by atoms with Crippen molar-refractivity contribution in [3.8, 4) is 40.8 Å². The number of nitrogens with two attached hydrogens (primary N) is 1. The molecule has 6 N–H and O–H groups in total. The minimum absolute atomic E-state index is 0. The first kappa shape index (κ1) is 67.2. The van der Waals surface area contributed by atoms with Gasteiger partial charge in [-0.1, -0.05) is 42.5 Å². The van der Waals surface area contributed by atoms with E-state index in [4.69, 9.17) is 39.9 Å². The van der Waals surface area contributed by atoms with Crippen LogP contribution in [0.15, 0.2) is 174 Å². The van der Waals surface area contributed by atoms with Gasteiger partial charge in [0, 0.05) is 51.4 Å². The van der Waals surface area contributed by atoms with Gasteiger partial charge in [-0.2, -0.15) is 10.5 Å². The third-order valence-electron chi connectivity index (χ3n) is 12.5. The molecule has 0 bridgehead atoms. The van der Waals surface area contributed by atoms with Crippen LogP contribution in [-0.4, -0.2) is 96.9 Å². The Bertz CT molecular complexity index is 4090. The van der Waals surface area contributed by atoms with E-state index in [-0.39, 0.29) is 84.9 Å². The Balaban J connectivity index is 0.000000256. The van der Waals surface area contributed by atoms with Crippen LogP contribution in [0.3, 0.4) is 0 Å². The number of fused-ring (bicyclic) bond motifs is 5. The summed E-state index contributed by atoms with van der Waals surface area (Å²) in [6.45, 7) is 7.62. The average Bonchev–Trinajstić information content (AvgIpc) is 1.56. The molecule has 9 aromatic rings. The maximum Gasteiger partial charge on any atom is 1.00 e. The number of aromatic nitrogens is 3. The number of hydrogen-bond donors (Lipinski definition) is 5. The molecule has 0 unspecified atom stereocenters. The minimum atomic E-state index is -0.706. The molecule has 87 heavy (non-hydrogen) atoms. The molecular weight excluding hydrogens is 1120 g/mol. The van der Waals surface area contributed by atoms with Crippen LogP contribution in [0.5, 0.6) is 23.0 Å². The van der Waals surface area contributed by atoms with Crippen LogP contribution in [0.4, 0.5) is 17.1 Å². The number of nitriles is 2. The van der Waals surface area contributed by atoms with Crippen LogP contribution in [0.25, 0.3) is 44.6 Å². The van der Waals surface area contributed by atoms with Crippen LogP contribution >= 0.6 is 0 Å². The first-order valence-corrected chi connectivity index (χ1v) is 26.6. The van der Waals surface area contributed by atoms with Gasteiger partial charge in [-0.15, -0.1) is 0 Å². The molecule has 10 rings (SSSR count). The number of nitrogen functional groups attached to an aromatic ring is 1. The molecule has 1 aliphatic heterocycles. The molecule has 0 fully saturated rings. The molecule has 4 heterocycles. The van der Waals surface area contributed by atoms with E-state index in [0.717, 1.165) is 39.8 Å². The molecular formula is C65H63N8NaO13. The van der Waals surface area contributed by atoms with Gasteiger partial charge in [0.25, 0.3) is 11.5 Å². The molecule has 0 atom stereocenters. The molecule has 22 heteroatoms. The number of rotatable bonds is 13. The standard InChI is InChI=1S/C26H21N3O4.C14H12N2O3.C10H9NO2.C8H11NO3.C7H9NO.Na.H/c1-32-18-11-7-16(8-12-18)27-25(30)21-15-23-24(20-5-3-4-6-22(20)28-23)29(26(21)31)17-9-13-19(33-2)14-10-17;1-2-19-14(18)9(8-15)7-12-13(17)10-5-3-4-6-11(10)16-12;1-7(12)11-6-10(13)8-4-2-3-5-9(8)11;1-3-11-6-7(5-9)8(10)12-4-2;1-9-7-4-2-6(8)3-5-7;;/h3-15,28H,1-2H3,(H,27,30);3-7,16-17H,2H2,1H3;2-5H,6H2,1H3;6H,3-4H2,1-2H3;2-5H,8H2,1H3;;/q;;;;;+1;-1/b;9-7-;;7-6+;;;. The van der Waals surface area contributed by atoms with Gasteiger partial charge in [-0.3, -0.25) is 23.7 Å². The molecule has 1 aliphatic rings. The number of ketones is 1. The monoisotopic (exact) mass is 1190 g/mol. The number of methoxy groups -OCH3 is 3. The second kappa shape index (κ2) is 33.1. The first-order chi connectivity index (χ1) is 41.5. The fourth-order valence-corrected chi connectivity index (χ4v) is 8.32. The van der Waals surface area contributed by atoms with E-state index in [9.17, 15) is 33.9 Å². The number of hydrogen-bond acceptors (Lipinski definition) is 16. The third-order valence-corrected chi connectivity index (χ3v) is 12.5. The van der Waals surface area contributed by atoms with Crippen LogP contribution in [0.2, 0.25) is 0 Å². The maximum absolute atomic E-state index is 13.6. The number of nitrogens with zero attached hydrogens (tertiary/aromatic N) is 4. The summed E-state index contributed by atoms with van der Waals surface area (Å²) in [6, 6.07) is 48.5. The van der Waals surface area contributed by atoms with Crippen LogP contribution in [0.1, 0.15) is 55.5 Å². The zero-order valence-electron chi connectivity index (χ0n) is 50.1. The Morgan fingerprint density at radius 2 is 1.20 bits per heavy atom. The number of anilines is 3. The average molecular weight is 1190 g/mol. The van der Waals surface area contributed by atoms with Crippen LogP contribution in [0, 0.1) is 22.7 Å². The van der Waals surface area contributed by atoms with Crippen molar-refractivity contribution in [3.05, 3.63) is 196 Å². The number of carbonyl (C=O) groups excluding carboxylic acids is 5. The van der Waals surface area contributed by atoms with Gasteiger partial charge in [0.2, 0.25) is 5.91 Å². The summed E-state index contributed by atoms with van der Waals surface area (Å²) >= 11 is 0. The van der Waals surface area contributed by atoms with Crippen molar-refractivity contribution in [2.45, 2.75) is 27.7 Å². The minimum Gasteiger partial charge on any atom is -1.00 e. The van der Waals surface area contributed by atoms with Crippen molar-refractivity contribution in [1.82, 2.24) is 14.5 Å². The van der Waals surface area contributed by atoms with Crippen LogP contribution in [-0.2, 0) is 28.6 Å². The predicted octanol–water partition coefficient (Wildman–Crippen LogP) is 7.71. The van der Waals surface area contributed by atoms with Crippen molar-refractivity contribution >= 4 is 85.5 Å². The number of benzene rings is 6. The molecule has 0 radical (unpaired) electrons. The second-order valence-electron chi connectivity index (χ2n) is 18.0. The zero-order chi connectivity index (χ0) is 62.3. The number of H-pyrrole nitrogens is 2. The molecule has 21 nitrogen and oxygen atoms in total. The predicted molar refractivity (Wildman–Crippen MR) is 328 cm³/mol. The Kier molecular flexibility index (Phi) is 25.5. The summed E-state index contributed by atoms with van der Waals surface area (Å²) in [6.07, 6.45) is 2.39. The number of esters is 2. The number of para-hydroxylation sites is 3. The number of pyridine rings is 1. The molecule has 2 amide bonds. The summed E-state index contributed by atoms with van der Waals surface area (Å²) in [5.41, 5.74) is 11.4. The van der Waals surface area contributed by atoms with Crippen molar-refractivity contribution in [2.75, 3.05) is 63.6 Å². The molecule has 0 spiro atoms. The Morgan fingerprint density at radius 3 is 1.74 bits per heavy atom. The van der Waals surface area contributed by atoms with E-state index < -0.39 is 23.4 Å². The number of carbonyl (C=O) groups is 5. The number of nitrogens with one attached hydrogen (secondary N) is 3. The molecule has 6 aromatic carbocycles. The summed E-state index contributed by atoms with van der Waals surface area (Å²) in [4.78, 5) is 79.5. The fraction of sp³-hybridized carbons (Fsp3) is 0.169. The van der Waals surface area contributed by atoms with Gasteiger partial charge in [0.1, 0.15) is 52.5 Å². The molecule has 0 saturated carbocycles. The van der Waals surface area contributed by atoms with Gasteiger partial charge in [0.15, 0.2) is 11.4 Å². The first-order valence-electron chi connectivity index (χ1n) is 26.6. The molecule has 0 saturated heterocycles. The van der Waals surface area contributed by atoms with Crippen molar-refractivity contribution in [3.63, 3.8) is 0 Å². The summed E-state index contributed by atoms with van der Waals surface area (Å²) in [5.74, 6) is 0.287. The quantitative estimate of drug-likeness (QED) is 0.0184. The SMILES string of the molecule is CC(=O)N1CC(=O)c2ccccc21.CCO/C=C(\C#N)C(=O)OCC.CCOC(=O)/C(C#N)=C\c1[nH]c2ccccc2c1O.COc1ccc(N)cc1.COc1ccc(NC(=O)c2cc3[nH]c4ccccc4c3n(-c3ccc(OC)cc3)c2=O)cc1.[H-].[Na+]. The van der Waals surface area contributed by atoms with Gasteiger partial charge in [0.05, 0.1) is 70.1 Å². The third kappa shape index (κ3) is 17.5. The Hall–Kier alpha value is -10.6. The van der Waals surface area contributed by atoms with Gasteiger partial charge < -0.3 is 60.9 Å². The summed E-state index contributed by atoms with van der Waals surface area (Å²) in [7, 11) is 4.79. The summed E-state index contributed by atoms with van der Waals surface area (Å²) in [5, 5.41) is 31.7. The number of aromatic amines is 2. The van der Waals surface area contributed by atoms with Gasteiger partial charge >= 0.3 is 41.5 Å². The number of aromatic hydroxyl groups is 1. The second-order valence-corrected chi connectivity index (χ2v) is 18.0. The topological polar surface area (TPSA) is 303 Å². The van der Waals surface area contributed by atoms with Gasteiger partial charge in [-0.25, -0.2) is 9.59 Å². The number of amides is 2. The van der Waals surface area contributed by atoms with Crippen molar-refractivity contribution in [2.24, 2.45) is 0 Å². The van der Waals surface area contributed by atoms with E-state index in [1.54, 1.807) is 162 Å². The summed E-state index contributed by atoms with van der Waals surface area (Å²) < 4.78 is 31.0. The van der Waals surface area contributed by atoms with E-state index in [0.29, 0.717) is 57.2 Å². The van der Waals surface area contributed by atoms with Crippen molar-refractivity contribution in [1.29, 1.82) is 10.5 Å². The fourth-order valence-electron chi connectivity index (χ4n) is 8.32. The van der Waals surface area contributed by atoms with E-state index in [1.165, 1.54) is 17.9 Å². The largest absolute Gasteiger partial charge is 1.00 e. The molecule has 3 aromatic heterocycles. The normalized spacial score (nSPS) is 11.1. The van der Waals surface area contributed by atoms with E-state index >= 15 is 0 Å². The van der Waals surface area contributed by atoms with Crippen molar-refractivity contribution < 1.29 is 88.5 Å². The van der Waals surface area contributed by atoms with E-state index in [1.807, 2.05) is 48.5 Å². The van der Waals surface area contributed by atoms with Crippen LogP contribution < -0.4 is 65.3 Å². The maximum atomic E-state index is 13.6. The van der Waals surface area contributed by atoms with Gasteiger partial charge in [-0.05, 0) is 136 Å². The Labute approximate surface area is 524 Å². The van der Waals surface area contributed by atoms with E-state index in [2.05, 4.69) is 20.0 Å². The number of ether oxygens (including phenoxy) is 6. The zero-order valence-corrected chi connectivity index (χ0v) is 51.1. The number of Topliss-reactive ketones (excluding diaryl/α,β-unsaturated/α-hetero) is 1. The smallest absolute Gasteiger partial charge is 1.00 e.